The molecule has 0 saturated carbocycles. The summed E-state index contributed by atoms with van der Waals surface area (Å²) in [6.45, 7) is -2.57. The number of hydrogen-bond acceptors (Lipinski definition) is 4. The molecule has 0 aliphatic carbocycles. The summed E-state index contributed by atoms with van der Waals surface area (Å²) >= 11 is 5.83. The zero-order chi connectivity index (χ0) is 19.4. The molecular weight excluding hydrogens is 400 g/mol. The Kier molecular flexibility index (Phi) is 5.62. The zero-order valence-corrected chi connectivity index (χ0v) is 15.3. The van der Waals surface area contributed by atoms with Crippen LogP contribution in [0.2, 0.25) is 5.02 Å². The second-order valence-electron chi connectivity index (χ2n) is 5.48. The Balaban J connectivity index is 1.79. The van der Waals surface area contributed by atoms with E-state index >= 15 is 0 Å². The first-order valence-corrected chi connectivity index (χ1v) is 9.53. The first-order valence-electron chi connectivity index (χ1n) is 7.67. The number of hydrogen-bond donors (Lipinski definition) is 1. The fourth-order valence-corrected chi connectivity index (χ4v) is 3.73. The molecule has 2 aromatic carbocycles. The predicted octanol–water partition coefficient (Wildman–Crippen LogP) is 3.99. The van der Waals surface area contributed by atoms with Gasteiger partial charge in [0.2, 0.25) is 0 Å². The van der Waals surface area contributed by atoms with Crippen molar-refractivity contribution in [2.75, 3.05) is 4.72 Å². The summed E-state index contributed by atoms with van der Waals surface area (Å²) in [6.07, 6.45) is 3.44. The van der Waals surface area contributed by atoms with Crippen LogP contribution >= 0.6 is 11.6 Å². The van der Waals surface area contributed by atoms with Crippen molar-refractivity contribution in [1.29, 1.82) is 0 Å². The molecule has 10 heteroatoms. The van der Waals surface area contributed by atoms with E-state index in [0.29, 0.717) is 12.2 Å². The minimum absolute atomic E-state index is 0.174. The molecule has 0 unspecified atom stereocenters. The van der Waals surface area contributed by atoms with E-state index in [0.717, 1.165) is 23.8 Å². The normalized spacial score (nSPS) is 11.6. The van der Waals surface area contributed by atoms with Gasteiger partial charge in [0.15, 0.2) is 0 Å². The van der Waals surface area contributed by atoms with Crippen LogP contribution in [0.5, 0.6) is 5.75 Å². The molecule has 0 bridgehead atoms. The van der Waals surface area contributed by atoms with Crippen molar-refractivity contribution in [2.24, 2.45) is 0 Å². The summed E-state index contributed by atoms with van der Waals surface area (Å²) in [5.41, 5.74) is 1.20. The summed E-state index contributed by atoms with van der Waals surface area (Å²) < 4.78 is 58.0. The molecule has 1 aromatic heterocycles. The topological polar surface area (TPSA) is 73.2 Å². The van der Waals surface area contributed by atoms with Crippen LogP contribution < -0.4 is 9.46 Å². The van der Waals surface area contributed by atoms with E-state index in [9.17, 15) is 17.2 Å². The van der Waals surface area contributed by atoms with Crippen LogP contribution in [0.1, 0.15) is 5.56 Å². The summed E-state index contributed by atoms with van der Waals surface area (Å²) in [4.78, 5) is -0.174. The molecule has 3 rings (SSSR count). The second kappa shape index (κ2) is 7.93. The minimum Gasteiger partial charge on any atom is -0.433 e. The first-order chi connectivity index (χ1) is 12.8. The Bertz CT molecular complexity index is 1030. The number of nitrogens with zero attached hydrogens (tertiary/aromatic N) is 2. The van der Waals surface area contributed by atoms with Crippen LogP contribution in [0.25, 0.3) is 0 Å². The molecular formula is C17H14ClF2N3O3S. The van der Waals surface area contributed by atoms with E-state index in [4.69, 9.17) is 11.6 Å². The minimum atomic E-state index is -3.96. The Morgan fingerprint density at radius 1 is 1.19 bits per heavy atom. The largest absolute Gasteiger partial charge is 0.433 e. The van der Waals surface area contributed by atoms with Crippen molar-refractivity contribution in [2.45, 2.75) is 18.1 Å². The third-order valence-corrected chi connectivity index (χ3v) is 5.19. The highest BCUT2D eigenvalue weighted by molar-refractivity contribution is 7.92. The summed E-state index contributed by atoms with van der Waals surface area (Å²) in [7, 11) is -3.96. The van der Waals surface area contributed by atoms with Gasteiger partial charge in [0.05, 0.1) is 16.5 Å². The average Bonchev–Trinajstić information content (AvgIpc) is 3.09. The maximum absolute atomic E-state index is 12.5. The molecule has 0 radical (unpaired) electrons. The molecule has 0 aliphatic rings. The lowest BCUT2D eigenvalue weighted by molar-refractivity contribution is -0.0498. The van der Waals surface area contributed by atoms with Crippen LogP contribution in [0.4, 0.5) is 14.5 Å². The van der Waals surface area contributed by atoms with Crippen molar-refractivity contribution < 1.29 is 21.9 Å². The fraction of sp³-hybridized carbons (Fsp3) is 0.118. The van der Waals surface area contributed by atoms with Crippen LogP contribution in [-0.2, 0) is 16.6 Å². The monoisotopic (exact) mass is 413 g/mol. The van der Waals surface area contributed by atoms with Gasteiger partial charge in [-0.25, -0.2) is 8.42 Å². The van der Waals surface area contributed by atoms with Gasteiger partial charge in [0, 0.05) is 18.1 Å². The molecule has 6 nitrogen and oxygen atoms in total. The average molecular weight is 414 g/mol. The number of ether oxygens (including phenoxy) is 1. The maximum Gasteiger partial charge on any atom is 0.387 e. The van der Waals surface area contributed by atoms with E-state index in [1.807, 2.05) is 6.07 Å². The molecule has 27 heavy (non-hydrogen) atoms. The van der Waals surface area contributed by atoms with Crippen molar-refractivity contribution in [3.05, 3.63) is 71.5 Å². The second-order valence-corrected chi connectivity index (χ2v) is 7.57. The van der Waals surface area contributed by atoms with Crippen LogP contribution in [-0.4, -0.2) is 24.8 Å². The van der Waals surface area contributed by atoms with Gasteiger partial charge in [0.1, 0.15) is 5.75 Å². The molecule has 0 atom stereocenters. The smallest absolute Gasteiger partial charge is 0.387 e. The predicted molar refractivity (Wildman–Crippen MR) is 96.7 cm³/mol. The van der Waals surface area contributed by atoms with Gasteiger partial charge in [-0.2, -0.15) is 13.9 Å². The highest BCUT2D eigenvalue weighted by Crippen LogP contribution is 2.29. The number of halogens is 3. The number of alkyl halides is 2. The van der Waals surface area contributed by atoms with Crippen molar-refractivity contribution in [3.8, 4) is 5.75 Å². The van der Waals surface area contributed by atoms with E-state index in [-0.39, 0.29) is 15.7 Å². The molecule has 0 aliphatic heterocycles. The lowest BCUT2D eigenvalue weighted by Crippen LogP contribution is -2.13. The van der Waals surface area contributed by atoms with Crippen LogP contribution in [0.15, 0.2) is 65.8 Å². The quantitative estimate of drug-likeness (QED) is 0.635. The third kappa shape index (κ3) is 4.95. The number of aromatic nitrogens is 2. The van der Waals surface area contributed by atoms with Gasteiger partial charge >= 0.3 is 6.61 Å². The Labute approximate surface area is 159 Å². The van der Waals surface area contributed by atoms with E-state index in [1.165, 1.54) is 0 Å². The zero-order valence-electron chi connectivity index (χ0n) is 13.7. The van der Waals surface area contributed by atoms with Gasteiger partial charge in [-0.3, -0.25) is 9.40 Å². The summed E-state index contributed by atoms with van der Waals surface area (Å²) in [5, 5.41) is 3.87. The van der Waals surface area contributed by atoms with Crippen molar-refractivity contribution in [3.63, 3.8) is 0 Å². The number of benzene rings is 2. The van der Waals surface area contributed by atoms with E-state index < -0.39 is 16.6 Å². The van der Waals surface area contributed by atoms with Gasteiger partial charge in [-0.1, -0.05) is 23.7 Å². The number of nitrogens with one attached hydrogen (secondary N) is 1. The SMILES string of the molecule is O=S(=O)(Nc1cccc(Cn2cccn2)c1)c1ccc(OC(F)F)c(Cl)c1. The number of anilines is 1. The Morgan fingerprint density at radius 3 is 2.67 bits per heavy atom. The fourth-order valence-electron chi connectivity index (χ4n) is 2.37. The number of rotatable bonds is 7. The number of sulfonamides is 1. The molecule has 1 heterocycles. The standard InChI is InChI=1S/C17H14ClF2N3O3S/c18-15-10-14(5-6-16(15)26-17(19)20)27(24,25)22-13-4-1-3-12(9-13)11-23-8-2-7-21-23/h1-10,17,22H,11H2. The molecule has 0 fully saturated rings. The molecule has 0 saturated heterocycles. The van der Waals surface area contributed by atoms with Gasteiger partial charge in [-0.05, 0) is 42.0 Å². The molecule has 3 aromatic rings. The van der Waals surface area contributed by atoms with Crippen LogP contribution in [0.3, 0.4) is 0 Å². The third-order valence-electron chi connectivity index (χ3n) is 3.51. The lowest BCUT2D eigenvalue weighted by Gasteiger charge is -2.12. The van der Waals surface area contributed by atoms with Gasteiger partial charge < -0.3 is 4.74 Å². The van der Waals surface area contributed by atoms with Crippen molar-refractivity contribution >= 4 is 27.3 Å². The van der Waals surface area contributed by atoms with Crippen LogP contribution in [0, 0.1) is 0 Å². The first kappa shape index (κ1) is 19.1. The highest BCUT2D eigenvalue weighted by Gasteiger charge is 2.18. The summed E-state index contributed by atoms with van der Waals surface area (Å²) in [6, 6.07) is 11.9. The lowest BCUT2D eigenvalue weighted by atomic mass is 10.2. The van der Waals surface area contributed by atoms with E-state index in [1.54, 1.807) is 41.3 Å². The van der Waals surface area contributed by atoms with Gasteiger partial charge in [-0.15, -0.1) is 0 Å². The molecule has 1 N–H and O–H groups in total. The molecule has 0 spiro atoms. The Hall–Kier alpha value is -2.65. The maximum atomic E-state index is 12.5. The molecule has 142 valence electrons. The van der Waals surface area contributed by atoms with Crippen molar-refractivity contribution in [1.82, 2.24) is 9.78 Å². The van der Waals surface area contributed by atoms with E-state index in [2.05, 4.69) is 14.6 Å². The molecule has 0 amide bonds. The van der Waals surface area contributed by atoms with Gasteiger partial charge in [0.25, 0.3) is 10.0 Å². The highest BCUT2D eigenvalue weighted by atomic mass is 35.5. The Morgan fingerprint density at radius 2 is 2.00 bits per heavy atom. The summed E-state index contributed by atoms with van der Waals surface area (Å²) in [5.74, 6) is -0.299.